The molecule has 92 valence electrons. The minimum atomic E-state index is 0.173. The minimum Gasteiger partial charge on any atom is -0.318 e. The fourth-order valence-corrected chi connectivity index (χ4v) is 2.28. The molecule has 0 fully saturated rings. The van der Waals surface area contributed by atoms with Gasteiger partial charge in [-0.3, -0.25) is 4.90 Å². The van der Waals surface area contributed by atoms with Crippen LogP contribution in [0.2, 0.25) is 0 Å². The molecule has 0 aromatic carbocycles. The van der Waals surface area contributed by atoms with Crippen LogP contribution >= 0.6 is 11.3 Å². The van der Waals surface area contributed by atoms with Gasteiger partial charge in [0.1, 0.15) is 0 Å². The van der Waals surface area contributed by atoms with Gasteiger partial charge in [-0.05, 0) is 14.1 Å². The second-order valence-corrected chi connectivity index (χ2v) is 6.09. The van der Waals surface area contributed by atoms with Crippen LogP contribution in [0.15, 0.2) is 5.38 Å². The highest BCUT2D eigenvalue weighted by Gasteiger charge is 2.18. The standard InChI is InChI=1S/C12H23N3S/c1-12(2,3)11-14-10(9-16-11)8-15(5)7-6-13-4/h9,13H,6-8H2,1-5H3. The number of nitrogens with one attached hydrogen (secondary N) is 1. The summed E-state index contributed by atoms with van der Waals surface area (Å²) < 4.78 is 0. The Morgan fingerprint density at radius 3 is 2.62 bits per heavy atom. The van der Waals surface area contributed by atoms with Gasteiger partial charge < -0.3 is 5.32 Å². The van der Waals surface area contributed by atoms with Crippen molar-refractivity contribution in [3.8, 4) is 0 Å². The quantitative estimate of drug-likeness (QED) is 0.855. The summed E-state index contributed by atoms with van der Waals surface area (Å²) in [5, 5.41) is 6.56. The van der Waals surface area contributed by atoms with Crippen LogP contribution in [-0.4, -0.2) is 37.1 Å². The molecule has 0 aliphatic rings. The Morgan fingerprint density at radius 2 is 2.12 bits per heavy atom. The van der Waals surface area contributed by atoms with Gasteiger partial charge in [0.25, 0.3) is 0 Å². The lowest BCUT2D eigenvalue weighted by molar-refractivity contribution is 0.324. The zero-order valence-electron chi connectivity index (χ0n) is 11.0. The van der Waals surface area contributed by atoms with E-state index in [1.54, 1.807) is 11.3 Å². The van der Waals surface area contributed by atoms with Crippen LogP contribution in [0.1, 0.15) is 31.5 Å². The Morgan fingerprint density at radius 1 is 1.44 bits per heavy atom. The molecule has 0 saturated heterocycles. The van der Waals surface area contributed by atoms with Gasteiger partial charge in [-0.1, -0.05) is 20.8 Å². The molecule has 16 heavy (non-hydrogen) atoms. The third kappa shape index (κ3) is 4.20. The normalized spacial score (nSPS) is 12.4. The van der Waals surface area contributed by atoms with Crippen LogP contribution in [0.4, 0.5) is 0 Å². The molecule has 1 aromatic heterocycles. The molecule has 4 heteroatoms. The van der Waals surface area contributed by atoms with E-state index in [1.807, 2.05) is 7.05 Å². The van der Waals surface area contributed by atoms with Gasteiger partial charge in [-0.25, -0.2) is 4.98 Å². The number of likely N-dealkylation sites (N-methyl/N-ethyl adjacent to an activating group) is 2. The van der Waals surface area contributed by atoms with E-state index >= 15 is 0 Å². The van der Waals surface area contributed by atoms with Crippen molar-refractivity contribution in [1.82, 2.24) is 15.2 Å². The zero-order valence-corrected chi connectivity index (χ0v) is 11.8. The maximum absolute atomic E-state index is 4.69. The van der Waals surface area contributed by atoms with Crippen LogP contribution in [0.5, 0.6) is 0 Å². The molecule has 0 amide bonds. The van der Waals surface area contributed by atoms with Crippen LogP contribution in [-0.2, 0) is 12.0 Å². The molecule has 0 radical (unpaired) electrons. The summed E-state index contributed by atoms with van der Waals surface area (Å²) in [6.07, 6.45) is 0. The lowest BCUT2D eigenvalue weighted by atomic mass is 9.98. The summed E-state index contributed by atoms with van der Waals surface area (Å²) in [5.41, 5.74) is 1.36. The third-order valence-corrected chi connectivity index (χ3v) is 3.69. The van der Waals surface area contributed by atoms with Gasteiger partial charge in [-0.15, -0.1) is 11.3 Å². The van der Waals surface area contributed by atoms with E-state index in [2.05, 4.69) is 48.4 Å². The Balaban J connectivity index is 2.52. The maximum Gasteiger partial charge on any atom is 0.0982 e. The van der Waals surface area contributed by atoms with E-state index in [0.29, 0.717) is 0 Å². The smallest absolute Gasteiger partial charge is 0.0982 e. The predicted molar refractivity (Wildman–Crippen MR) is 71.1 cm³/mol. The van der Waals surface area contributed by atoms with Crippen molar-refractivity contribution in [2.24, 2.45) is 0 Å². The van der Waals surface area contributed by atoms with Crippen molar-refractivity contribution in [3.05, 3.63) is 16.1 Å². The Kier molecular flexibility index (Phi) is 4.89. The van der Waals surface area contributed by atoms with Gasteiger partial charge >= 0.3 is 0 Å². The summed E-state index contributed by atoms with van der Waals surface area (Å²) in [6.45, 7) is 9.64. The highest BCUT2D eigenvalue weighted by atomic mass is 32.1. The first-order chi connectivity index (χ1) is 7.43. The number of hydrogen-bond donors (Lipinski definition) is 1. The number of nitrogens with zero attached hydrogens (tertiary/aromatic N) is 2. The third-order valence-electron chi connectivity index (χ3n) is 2.37. The number of hydrogen-bond acceptors (Lipinski definition) is 4. The van der Waals surface area contributed by atoms with Crippen LogP contribution in [0.3, 0.4) is 0 Å². The maximum atomic E-state index is 4.69. The van der Waals surface area contributed by atoms with Crippen LogP contribution in [0, 0.1) is 0 Å². The zero-order chi connectivity index (χ0) is 12.2. The lowest BCUT2D eigenvalue weighted by Gasteiger charge is -2.15. The van der Waals surface area contributed by atoms with Gasteiger partial charge in [0, 0.05) is 30.4 Å². The molecule has 0 unspecified atom stereocenters. The second kappa shape index (κ2) is 5.75. The molecule has 0 saturated carbocycles. The van der Waals surface area contributed by atoms with E-state index in [9.17, 15) is 0 Å². The van der Waals surface area contributed by atoms with Gasteiger partial charge in [-0.2, -0.15) is 0 Å². The molecule has 1 heterocycles. The molecule has 1 aromatic rings. The van der Waals surface area contributed by atoms with E-state index < -0.39 is 0 Å². The fraction of sp³-hybridized carbons (Fsp3) is 0.750. The van der Waals surface area contributed by atoms with Crippen molar-refractivity contribution in [2.75, 3.05) is 27.2 Å². The second-order valence-electron chi connectivity index (χ2n) is 5.24. The van der Waals surface area contributed by atoms with E-state index in [4.69, 9.17) is 0 Å². The number of thiazole rings is 1. The summed E-state index contributed by atoms with van der Waals surface area (Å²) in [6, 6.07) is 0. The number of aromatic nitrogens is 1. The van der Waals surface area contributed by atoms with E-state index in [-0.39, 0.29) is 5.41 Å². The molecule has 0 atom stereocenters. The van der Waals surface area contributed by atoms with Gasteiger partial charge in [0.15, 0.2) is 0 Å². The van der Waals surface area contributed by atoms with Crippen LogP contribution < -0.4 is 5.32 Å². The van der Waals surface area contributed by atoms with E-state index in [0.717, 1.165) is 19.6 Å². The summed E-state index contributed by atoms with van der Waals surface area (Å²) in [4.78, 5) is 6.98. The molecule has 0 bridgehead atoms. The molecule has 1 N–H and O–H groups in total. The van der Waals surface area contributed by atoms with Crippen molar-refractivity contribution in [1.29, 1.82) is 0 Å². The predicted octanol–water partition coefficient (Wildman–Crippen LogP) is 2.09. The monoisotopic (exact) mass is 241 g/mol. The SMILES string of the molecule is CNCCN(C)Cc1csc(C(C)(C)C)n1. The molecule has 0 spiro atoms. The first-order valence-corrected chi connectivity index (χ1v) is 6.59. The van der Waals surface area contributed by atoms with Crippen molar-refractivity contribution >= 4 is 11.3 Å². The van der Waals surface area contributed by atoms with E-state index in [1.165, 1.54) is 10.7 Å². The topological polar surface area (TPSA) is 28.2 Å². The Hall–Kier alpha value is -0.450. The molecule has 3 nitrogen and oxygen atoms in total. The van der Waals surface area contributed by atoms with Crippen molar-refractivity contribution in [3.63, 3.8) is 0 Å². The lowest BCUT2D eigenvalue weighted by Crippen LogP contribution is -2.27. The highest BCUT2D eigenvalue weighted by molar-refractivity contribution is 7.09. The van der Waals surface area contributed by atoms with Crippen LogP contribution in [0.25, 0.3) is 0 Å². The average Bonchev–Trinajstić information content (AvgIpc) is 2.62. The Bertz CT molecular complexity index is 314. The largest absolute Gasteiger partial charge is 0.318 e. The summed E-state index contributed by atoms with van der Waals surface area (Å²) in [5.74, 6) is 0. The minimum absolute atomic E-state index is 0.173. The fourth-order valence-electron chi connectivity index (χ4n) is 1.38. The van der Waals surface area contributed by atoms with Gasteiger partial charge in [0.05, 0.1) is 10.7 Å². The van der Waals surface area contributed by atoms with Gasteiger partial charge in [0.2, 0.25) is 0 Å². The summed E-state index contributed by atoms with van der Waals surface area (Å²) in [7, 11) is 4.11. The Labute approximate surface area is 103 Å². The average molecular weight is 241 g/mol. The van der Waals surface area contributed by atoms with Crippen molar-refractivity contribution < 1.29 is 0 Å². The molecular formula is C12H23N3S. The first-order valence-electron chi connectivity index (χ1n) is 5.71. The number of rotatable bonds is 5. The molecule has 0 aliphatic heterocycles. The van der Waals surface area contributed by atoms with Crippen molar-refractivity contribution in [2.45, 2.75) is 32.7 Å². The highest BCUT2D eigenvalue weighted by Crippen LogP contribution is 2.25. The first kappa shape index (κ1) is 13.6. The molecular weight excluding hydrogens is 218 g/mol. The summed E-state index contributed by atoms with van der Waals surface area (Å²) >= 11 is 1.77. The molecule has 1 rings (SSSR count). The molecule has 0 aliphatic carbocycles.